The molecule has 0 atom stereocenters. The van der Waals surface area contributed by atoms with Gasteiger partial charge in [0.15, 0.2) is 18.1 Å². The molecule has 0 fully saturated rings. The first-order valence-corrected chi connectivity index (χ1v) is 10.8. The number of esters is 1. The van der Waals surface area contributed by atoms with Crippen LogP contribution in [0.1, 0.15) is 21.5 Å². The molecular formula is C25H20F2N2O7. The van der Waals surface area contributed by atoms with Crippen molar-refractivity contribution >= 4 is 28.9 Å². The van der Waals surface area contributed by atoms with E-state index in [4.69, 9.17) is 9.47 Å². The van der Waals surface area contributed by atoms with Crippen molar-refractivity contribution in [1.82, 2.24) is 0 Å². The summed E-state index contributed by atoms with van der Waals surface area (Å²) in [6.45, 7) is -4.00. The van der Waals surface area contributed by atoms with Gasteiger partial charge in [0.1, 0.15) is 5.56 Å². The van der Waals surface area contributed by atoms with Crippen molar-refractivity contribution in [3.63, 3.8) is 0 Å². The summed E-state index contributed by atoms with van der Waals surface area (Å²) in [7, 11) is 1.12. The van der Waals surface area contributed by atoms with Gasteiger partial charge in [-0.05, 0) is 36.1 Å². The zero-order chi connectivity index (χ0) is 25.8. The number of aryl methyl sites for hydroxylation is 2. The second-order valence-corrected chi connectivity index (χ2v) is 7.72. The Bertz CT molecular complexity index is 1280. The number of amides is 1. The van der Waals surface area contributed by atoms with E-state index in [1.165, 1.54) is 4.90 Å². The van der Waals surface area contributed by atoms with Gasteiger partial charge in [0.2, 0.25) is 0 Å². The molecule has 3 aromatic rings. The smallest absolute Gasteiger partial charge is 0.387 e. The highest BCUT2D eigenvalue weighted by Crippen LogP contribution is 2.37. The lowest BCUT2D eigenvalue weighted by Gasteiger charge is -2.24. The summed E-state index contributed by atoms with van der Waals surface area (Å²) in [5.74, 6) is -2.73. The number of nitro benzene ring substituents is 1. The average Bonchev–Trinajstić information content (AvgIpc) is 3.03. The number of hydrogen-bond acceptors (Lipinski definition) is 7. The first-order valence-electron chi connectivity index (χ1n) is 10.8. The normalized spacial score (nSPS) is 12.3. The minimum atomic E-state index is -3.27. The molecule has 9 nitrogen and oxygen atoms in total. The Hall–Kier alpha value is -4.54. The number of anilines is 2. The second-order valence-electron chi connectivity index (χ2n) is 7.72. The Labute approximate surface area is 204 Å². The van der Waals surface area contributed by atoms with Crippen LogP contribution in [0.4, 0.5) is 25.8 Å². The molecule has 1 amide bonds. The van der Waals surface area contributed by atoms with Gasteiger partial charge in [-0.25, -0.2) is 4.79 Å². The van der Waals surface area contributed by atoms with Crippen LogP contribution in [0.25, 0.3) is 0 Å². The summed E-state index contributed by atoms with van der Waals surface area (Å²) < 4.78 is 39.7. The van der Waals surface area contributed by atoms with E-state index in [0.717, 1.165) is 24.3 Å². The maximum atomic E-state index is 13.3. The van der Waals surface area contributed by atoms with Crippen LogP contribution in [-0.2, 0) is 22.4 Å². The van der Waals surface area contributed by atoms with Crippen molar-refractivity contribution in [2.75, 3.05) is 18.6 Å². The third-order valence-electron chi connectivity index (χ3n) is 5.62. The van der Waals surface area contributed by atoms with Crippen molar-refractivity contribution in [2.24, 2.45) is 0 Å². The molecule has 0 aliphatic carbocycles. The highest BCUT2D eigenvalue weighted by Gasteiger charge is 2.30. The van der Waals surface area contributed by atoms with Gasteiger partial charge in [0, 0.05) is 6.07 Å². The number of fused-ring (bicyclic) bond motifs is 2. The van der Waals surface area contributed by atoms with Gasteiger partial charge >= 0.3 is 12.6 Å². The van der Waals surface area contributed by atoms with Gasteiger partial charge in [0.25, 0.3) is 11.6 Å². The van der Waals surface area contributed by atoms with Crippen molar-refractivity contribution in [1.29, 1.82) is 0 Å². The predicted molar refractivity (Wildman–Crippen MR) is 124 cm³/mol. The summed E-state index contributed by atoms with van der Waals surface area (Å²) in [6, 6.07) is 16.2. The van der Waals surface area contributed by atoms with Crippen LogP contribution in [0, 0.1) is 10.1 Å². The number of benzene rings is 3. The molecule has 0 N–H and O–H groups in total. The van der Waals surface area contributed by atoms with Crippen LogP contribution in [0.5, 0.6) is 11.5 Å². The fraction of sp³-hybridized carbons (Fsp3) is 0.200. The van der Waals surface area contributed by atoms with E-state index in [-0.39, 0.29) is 5.75 Å². The number of para-hydroxylation sites is 2. The SMILES string of the molecule is COc1cc(C(=O)OCC(=O)N2c3ccccc3CCc3ccccc32)c([N+](=O)[O-])cc1OC(F)F. The third kappa shape index (κ3) is 4.95. The zero-order valence-corrected chi connectivity index (χ0v) is 19.0. The van der Waals surface area contributed by atoms with Crippen LogP contribution >= 0.6 is 0 Å². The first kappa shape index (κ1) is 24.6. The molecule has 186 valence electrons. The van der Waals surface area contributed by atoms with Crippen molar-refractivity contribution < 1.29 is 37.5 Å². The summed E-state index contributed by atoms with van der Waals surface area (Å²) in [5, 5.41) is 11.5. The third-order valence-corrected chi connectivity index (χ3v) is 5.62. The average molecular weight is 498 g/mol. The van der Waals surface area contributed by atoms with Crippen LogP contribution in [0.2, 0.25) is 0 Å². The zero-order valence-electron chi connectivity index (χ0n) is 19.0. The highest BCUT2D eigenvalue weighted by molar-refractivity contribution is 6.04. The molecular weight excluding hydrogens is 478 g/mol. The number of nitro groups is 1. The van der Waals surface area contributed by atoms with E-state index < -0.39 is 47.0 Å². The topological polar surface area (TPSA) is 108 Å². The Morgan fingerprint density at radius 3 is 2.11 bits per heavy atom. The number of hydrogen-bond donors (Lipinski definition) is 0. The fourth-order valence-corrected chi connectivity index (χ4v) is 4.03. The molecule has 3 aromatic carbocycles. The van der Waals surface area contributed by atoms with Gasteiger partial charge in [-0.1, -0.05) is 36.4 Å². The van der Waals surface area contributed by atoms with Gasteiger partial charge in [-0.15, -0.1) is 0 Å². The molecule has 0 aromatic heterocycles. The number of alkyl halides is 2. The van der Waals surface area contributed by atoms with E-state index in [1.807, 2.05) is 24.3 Å². The Morgan fingerprint density at radius 2 is 1.58 bits per heavy atom. The maximum absolute atomic E-state index is 13.3. The number of carbonyl (C=O) groups is 2. The molecule has 11 heteroatoms. The Kier molecular flexibility index (Phi) is 7.09. The number of nitrogens with zero attached hydrogens (tertiary/aromatic N) is 2. The van der Waals surface area contributed by atoms with E-state index >= 15 is 0 Å². The lowest BCUT2D eigenvalue weighted by atomic mass is 10.0. The van der Waals surface area contributed by atoms with E-state index in [2.05, 4.69) is 4.74 Å². The summed E-state index contributed by atoms with van der Waals surface area (Å²) in [5.41, 5.74) is 1.73. The first-order chi connectivity index (χ1) is 17.3. The molecule has 36 heavy (non-hydrogen) atoms. The number of halogens is 2. The maximum Gasteiger partial charge on any atom is 0.387 e. The standard InChI is InChI=1S/C25H20F2N2O7/c1-34-21-12-17(20(29(32)33)13-22(21)36-25(26)27)24(31)35-14-23(30)28-18-8-4-2-6-15(18)10-11-16-7-3-5-9-19(16)28/h2-9,12-13,25H,10-11,14H2,1H3. The van der Waals surface area contributed by atoms with Gasteiger partial charge in [-0.2, -0.15) is 8.78 Å². The fourth-order valence-electron chi connectivity index (χ4n) is 4.03. The second kappa shape index (κ2) is 10.4. The summed E-state index contributed by atoms with van der Waals surface area (Å²) >= 11 is 0. The molecule has 0 unspecified atom stereocenters. The van der Waals surface area contributed by atoms with Crippen LogP contribution in [-0.4, -0.2) is 37.1 Å². The number of methoxy groups -OCH3 is 1. The van der Waals surface area contributed by atoms with E-state index in [9.17, 15) is 28.5 Å². The van der Waals surface area contributed by atoms with Crippen LogP contribution in [0.15, 0.2) is 60.7 Å². The number of rotatable bonds is 7. The molecule has 0 radical (unpaired) electrons. The monoisotopic (exact) mass is 498 g/mol. The molecule has 4 rings (SSSR count). The molecule has 0 bridgehead atoms. The van der Waals surface area contributed by atoms with Crippen molar-refractivity contribution in [3.8, 4) is 11.5 Å². The molecule has 1 heterocycles. The summed E-state index contributed by atoms with van der Waals surface area (Å²) in [6.07, 6.45) is 1.41. The van der Waals surface area contributed by atoms with Crippen LogP contribution in [0.3, 0.4) is 0 Å². The van der Waals surface area contributed by atoms with Gasteiger partial charge < -0.3 is 14.2 Å². The van der Waals surface area contributed by atoms with Gasteiger partial charge in [-0.3, -0.25) is 19.8 Å². The lowest BCUT2D eigenvalue weighted by molar-refractivity contribution is -0.385. The Morgan fingerprint density at radius 1 is 1.00 bits per heavy atom. The van der Waals surface area contributed by atoms with Crippen molar-refractivity contribution in [3.05, 3.63) is 87.5 Å². The minimum absolute atomic E-state index is 0.338. The number of carbonyl (C=O) groups excluding carboxylic acids is 2. The predicted octanol–water partition coefficient (Wildman–Crippen LogP) is 4.83. The molecule has 0 saturated heterocycles. The summed E-state index contributed by atoms with van der Waals surface area (Å²) in [4.78, 5) is 38.1. The minimum Gasteiger partial charge on any atom is -0.493 e. The largest absolute Gasteiger partial charge is 0.493 e. The highest BCUT2D eigenvalue weighted by atomic mass is 19.3. The molecule has 0 spiro atoms. The van der Waals surface area contributed by atoms with Crippen LogP contribution < -0.4 is 14.4 Å². The molecule has 0 saturated carbocycles. The number of ether oxygens (including phenoxy) is 3. The van der Waals surface area contributed by atoms with Crippen molar-refractivity contribution in [2.45, 2.75) is 19.5 Å². The van der Waals surface area contributed by atoms with E-state index in [1.54, 1.807) is 24.3 Å². The van der Waals surface area contributed by atoms with E-state index in [0.29, 0.717) is 30.3 Å². The Balaban J connectivity index is 1.62. The quantitative estimate of drug-likeness (QED) is 0.261. The molecule has 1 aliphatic rings. The van der Waals surface area contributed by atoms with Gasteiger partial charge in [0.05, 0.1) is 29.5 Å². The molecule has 1 aliphatic heterocycles. The lowest BCUT2D eigenvalue weighted by Crippen LogP contribution is -2.31.